The highest BCUT2D eigenvalue weighted by Gasteiger charge is 2.38. The van der Waals surface area contributed by atoms with E-state index < -0.39 is 48.9 Å². The van der Waals surface area contributed by atoms with Crippen LogP contribution in [0, 0.1) is 0 Å². The van der Waals surface area contributed by atoms with Gasteiger partial charge < -0.3 is 41.7 Å². The van der Waals surface area contributed by atoms with Crippen molar-refractivity contribution in [2.45, 2.75) is 12.6 Å². The molecule has 0 aliphatic carbocycles. The molecular weight excluding hydrogens is 510 g/mol. The highest BCUT2D eigenvalue weighted by Crippen LogP contribution is 2.14. The van der Waals surface area contributed by atoms with E-state index in [4.69, 9.17) is 21.3 Å². The summed E-state index contributed by atoms with van der Waals surface area (Å²) in [6.07, 6.45) is -0.822. The van der Waals surface area contributed by atoms with Crippen LogP contribution in [-0.4, -0.2) is 89.4 Å². The maximum Gasteiger partial charge on any atom is 0.407 e. The van der Waals surface area contributed by atoms with Gasteiger partial charge in [0.15, 0.2) is 5.96 Å². The molecule has 2 aromatic carbocycles. The lowest BCUT2D eigenvalue weighted by molar-refractivity contribution is -0.154. The molecule has 0 spiro atoms. The zero-order valence-electron chi connectivity index (χ0n) is 20.9. The van der Waals surface area contributed by atoms with E-state index in [1.807, 2.05) is 6.07 Å². The van der Waals surface area contributed by atoms with Crippen molar-refractivity contribution < 1.29 is 33.8 Å². The van der Waals surface area contributed by atoms with E-state index in [1.165, 1.54) is 29.2 Å². The molecule has 1 atom stereocenters. The van der Waals surface area contributed by atoms with Crippen molar-refractivity contribution in [3.8, 4) is 0 Å². The molecule has 1 aliphatic heterocycles. The monoisotopic (exact) mass is 539 g/mol. The standard InChI is InChI=1S/C25H29N7O7/c26-24(27)30-18-8-6-17(7-9-18)22(36)28-12-19-23(37)31(14-21(34)35)10-11-32(19)20(33)13-29-25(38)39-15-16-4-2-1-3-5-16/h1-9,19H,10-15H2,(H,28,36)(H,29,38)(H,34,35)(H4,26,27,30)/t19-/m0/s1. The number of carbonyl (C=O) groups is 5. The van der Waals surface area contributed by atoms with Crippen LogP contribution in [0.4, 0.5) is 10.5 Å². The Bertz CT molecular complexity index is 1230. The largest absolute Gasteiger partial charge is 0.480 e. The molecule has 7 N–H and O–H groups in total. The third-order valence-corrected chi connectivity index (χ3v) is 5.67. The Hall–Kier alpha value is -5.14. The number of rotatable bonds is 10. The lowest BCUT2D eigenvalue weighted by Crippen LogP contribution is -2.63. The number of hydrogen-bond donors (Lipinski definition) is 5. The van der Waals surface area contributed by atoms with Gasteiger partial charge in [-0.05, 0) is 29.8 Å². The van der Waals surface area contributed by atoms with Crippen molar-refractivity contribution in [2.75, 3.05) is 32.7 Å². The fourth-order valence-electron chi connectivity index (χ4n) is 3.81. The molecule has 1 saturated heterocycles. The predicted molar refractivity (Wildman–Crippen MR) is 139 cm³/mol. The normalized spacial score (nSPS) is 14.8. The number of amides is 4. The Balaban J connectivity index is 1.62. The Morgan fingerprint density at radius 2 is 1.69 bits per heavy atom. The number of carbonyl (C=O) groups excluding carboxylic acids is 4. The van der Waals surface area contributed by atoms with Crippen molar-refractivity contribution in [1.82, 2.24) is 20.4 Å². The first-order valence-electron chi connectivity index (χ1n) is 11.9. The van der Waals surface area contributed by atoms with E-state index in [1.54, 1.807) is 24.3 Å². The number of nitrogens with zero attached hydrogens (tertiary/aromatic N) is 3. The summed E-state index contributed by atoms with van der Waals surface area (Å²) >= 11 is 0. The van der Waals surface area contributed by atoms with Gasteiger partial charge in [-0.15, -0.1) is 0 Å². The number of hydrogen-bond acceptors (Lipinski definition) is 7. The second-order valence-electron chi connectivity index (χ2n) is 8.47. The fourth-order valence-corrected chi connectivity index (χ4v) is 3.81. The lowest BCUT2D eigenvalue weighted by Gasteiger charge is -2.40. The van der Waals surface area contributed by atoms with E-state index in [2.05, 4.69) is 15.6 Å². The van der Waals surface area contributed by atoms with Crippen molar-refractivity contribution in [1.29, 1.82) is 0 Å². The molecule has 1 heterocycles. The third kappa shape index (κ3) is 8.45. The van der Waals surface area contributed by atoms with E-state index in [0.717, 1.165) is 10.5 Å². The average Bonchev–Trinajstić information content (AvgIpc) is 2.91. The summed E-state index contributed by atoms with van der Waals surface area (Å²) in [6, 6.07) is 13.8. The maximum atomic E-state index is 13.0. The van der Waals surface area contributed by atoms with Crippen molar-refractivity contribution in [2.24, 2.45) is 16.5 Å². The highest BCUT2D eigenvalue weighted by molar-refractivity contribution is 5.96. The molecule has 0 saturated carbocycles. The molecule has 1 fully saturated rings. The molecule has 0 aromatic heterocycles. The summed E-state index contributed by atoms with van der Waals surface area (Å²) in [6.45, 7) is -1.31. The summed E-state index contributed by atoms with van der Waals surface area (Å²) < 4.78 is 5.09. The van der Waals surface area contributed by atoms with Gasteiger partial charge in [-0.1, -0.05) is 30.3 Å². The SMILES string of the molecule is NC(N)=Nc1ccc(C(=O)NC[C@H]2C(=O)N(CC(=O)O)CCN2C(=O)CNC(=O)OCc2ccccc2)cc1. The van der Waals surface area contributed by atoms with E-state index in [9.17, 15) is 24.0 Å². The van der Waals surface area contributed by atoms with Crippen LogP contribution in [0.15, 0.2) is 59.6 Å². The third-order valence-electron chi connectivity index (χ3n) is 5.67. The number of nitrogens with one attached hydrogen (secondary N) is 2. The highest BCUT2D eigenvalue weighted by atomic mass is 16.5. The Labute approximate surface area is 223 Å². The first-order valence-corrected chi connectivity index (χ1v) is 11.9. The van der Waals surface area contributed by atoms with Crippen LogP contribution in [0.5, 0.6) is 0 Å². The van der Waals surface area contributed by atoms with Crippen molar-refractivity contribution >= 4 is 41.4 Å². The number of nitrogens with two attached hydrogens (primary N) is 2. The number of aliphatic imine (C=N–C) groups is 1. The van der Waals surface area contributed by atoms with Gasteiger partial charge in [0, 0.05) is 25.2 Å². The summed E-state index contributed by atoms with van der Waals surface area (Å²) in [5, 5.41) is 14.1. The van der Waals surface area contributed by atoms with Crippen LogP contribution in [0.2, 0.25) is 0 Å². The van der Waals surface area contributed by atoms with Gasteiger partial charge in [-0.3, -0.25) is 19.2 Å². The molecule has 14 heteroatoms. The van der Waals surface area contributed by atoms with E-state index >= 15 is 0 Å². The molecule has 1 aliphatic rings. The van der Waals surface area contributed by atoms with Gasteiger partial charge in [-0.2, -0.15) is 0 Å². The molecule has 0 radical (unpaired) electrons. The fraction of sp³-hybridized carbons (Fsp3) is 0.280. The van der Waals surface area contributed by atoms with Gasteiger partial charge in [0.05, 0.1) is 5.69 Å². The van der Waals surface area contributed by atoms with Crippen molar-refractivity contribution in [3.63, 3.8) is 0 Å². The second-order valence-corrected chi connectivity index (χ2v) is 8.47. The molecule has 3 rings (SSSR count). The number of carboxylic acid groups (broad SMARTS) is 1. The molecule has 39 heavy (non-hydrogen) atoms. The number of aliphatic carboxylic acids is 1. The van der Waals surface area contributed by atoms with Crippen LogP contribution < -0.4 is 22.1 Å². The average molecular weight is 540 g/mol. The zero-order valence-corrected chi connectivity index (χ0v) is 20.9. The van der Waals surface area contributed by atoms with E-state index in [-0.39, 0.29) is 37.8 Å². The van der Waals surface area contributed by atoms with Gasteiger partial charge in [0.1, 0.15) is 25.7 Å². The number of piperazine rings is 1. The minimum Gasteiger partial charge on any atom is -0.480 e. The molecule has 206 valence electrons. The molecule has 0 bridgehead atoms. The summed E-state index contributed by atoms with van der Waals surface area (Å²) in [7, 11) is 0. The first kappa shape index (κ1) is 28.4. The predicted octanol–water partition coefficient (Wildman–Crippen LogP) is -0.628. The maximum absolute atomic E-state index is 13.0. The van der Waals surface area contributed by atoms with E-state index in [0.29, 0.717) is 5.69 Å². The number of ether oxygens (including phenoxy) is 1. The smallest absolute Gasteiger partial charge is 0.407 e. The quantitative estimate of drug-likeness (QED) is 0.192. The van der Waals surface area contributed by atoms with Crippen LogP contribution in [-0.2, 0) is 25.7 Å². The molecule has 4 amide bonds. The Morgan fingerprint density at radius 3 is 2.33 bits per heavy atom. The molecular formula is C25H29N7O7. The molecule has 0 unspecified atom stereocenters. The van der Waals surface area contributed by atoms with Crippen LogP contribution in [0.1, 0.15) is 15.9 Å². The molecule has 2 aromatic rings. The topological polar surface area (TPSA) is 210 Å². The number of guanidine groups is 1. The Kier molecular flexibility index (Phi) is 9.78. The number of carboxylic acids is 1. The van der Waals surface area contributed by atoms with Gasteiger partial charge in [0.2, 0.25) is 11.8 Å². The van der Waals surface area contributed by atoms with Crippen LogP contribution in [0.25, 0.3) is 0 Å². The Morgan fingerprint density at radius 1 is 1.00 bits per heavy atom. The summed E-state index contributed by atoms with van der Waals surface area (Å²) in [5.41, 5.74) is 12.1. The summed E-state index contributed by atoms with van der Waals surface area (Å²) in [5.74, 6) is -3.14. The minimum absolute atomic E-state index is 0.00630. The van der Waals surface area contributed by atoms with Gasteiger partial charge >= 0.3 is 12.1 Å². The van der Waals surface area contributed by atoms with Crippen LogP contribution >= 0.6 is 0 Å². The van der Waals surface area contributed by atoms with Crippen molar-refractivity contribution in [3.05, 3.63) is 65.7 Å². The first-order chi connectivity index (χ1) is 18.6. The number of alkyl carbamates (subject to hydrolysis) is 1. The van der Waals surface area contributed by atoms with Gasteiger partial charge in [0.25, 0.3) is 5.91 Å². The van der Waals surface area contributed by atoms with Gasteiger partial charge in [-0.25, -0.2) is 9.79 Å². The summed E-state index contributed by atoms with van der Waals surface area (Å²) in [4.78, 5) is 68.0. The van der Waals surface area contributed by atoms with Crippen LogP contribution in [0.3, 0.4) is 0 Å². The lowest BCUT2D eigenvalue weighted by atomic mass is 10.1. The molecule has 14 nitrogen and oxygen atoms in total. The second kappa shape index (κ2) is 13.4. The minimum atomic E-state index is -1.21. The zero-order chi connectivity index (χ0) is 28.4. The number of benzene rings is 2.